The van der Waals surface area contributed by atoms with Crippen LogP contribution >= 0.6 is 0 Å². The first-order chi connectivity index (χ1) is 5.61. The average molecular weight is 170 g/mol. The van der Waals surface area contributed by atoms with Crippen LogP contribution in [-0.2, 0) is 4.79 Å². The minimum absolute atomic E-state index is 0.144. The summed E-state index contributed by atoms with van der Waals surface area (Å²) in [5.41, 5.74) is -0.301. The number of aromatic carboxylic acids is 1. The first-order valence-electron chi connectivity index (χ1n) is 3.05. The van der Waals surface area contributed by atoms with Gasteiger partial charge in [0.1, 0.15) is 0 Å². The van der Waals surface area contributed by atoms with Crippen molar-refractivity contribution in [3.8, 4) is 0 Å². The zero-order chi connectivity index (χ0) is 9.14. The Labute approximate surface area is 67.2 Å². The van der Waals surface area contributed by atoms with Crippen LogP contribution in [0.5, 0.6) is 0 Å². The van der Waals surface area contributed by atoms with E-state index in [1.54, 1.807) is 0 Å². The Bertz CT molecular complexity index is 317. The zero-order valence-corrected chi connectivity index (χ0v) is 6.20. The van der Waals surface area contributed by atoms with Crippen LogP contribution in [0.15, 0.2) is 10.8 Å². The molecule has 0 aliphatic rings. The number of carboxylic acids is 1. The molecule has 0 radical (unpaired) electrons. The molecule has 64 valence electrons. The number of rotatable bonds is 2. The molecule has 0 saturated heterocycles. The van der Waals surface area contributed by atoms with Gasteiger partial charge in [0, 0.05) is 6.92 Å². The van der Waals surface area contributed by atoms with Crippen LogP contribution in [0.1, 0.15) is 17.4 Å². The van der Waals surface area contributed by atoms with Crippen molar-refractivity contribution in [2.24, 2.45) is 0 Å². The van der Waals surface area contributed by atoms with Crippen LogP contribution in [-0.4, -0.2) is 22.0 Å². The number of nitrogens with zero attached hydrogens (tertiary/aromatic N) is 1. The molecule has 1 rings (SSSR count). The van der Waals surface area contributed by atoms with Crippen LogP contribution in [0.2, 0.25) is 0 Å². The Balaban J connectivity index is 2.91. The minimum Gasteiger partial charge on any atom is -0.476 e. The number of hydrogen-bond donors (Lipinski definition) is 2. The van der Waals surface area contributed by atoms with Crippen molar-refractivity contribution in [2.75, 3.05) is 5.32 Å². The molecule has 0 aromatic carbocycles. The van der Waals surface area contributed by atoms with Gasteiger partial charge in [-0.15, -0.1) is 0 Å². The number of oxazole rings is 1. The second kappa shape index (κ2) is 3.04. The molecule has 6 nitrogen and oxygen atoms in total. The molecule has 0 aliphatic heterocycles. The molecule has 1 aromatic heterocycles. The van der Waals surface area contributed by atoms with E-state index in [0.29, 0.717) is 0 Å². The lowest BCUT2D eigenvalue weighted by Gasteiger charge is -1.95. The number of aromatic nitrogens is 1. The predicted molar refractivity (Wildman–Crippen MR) is 37.8 cm³/mol. The molecule has 0 atom stereocenters. The summed E-state index contributed by atoms with van der Waals surface area (Å²) < 4.78 is 4.61. The third-order valence-corrected chi connectivity index (χ3v) is 1.06. The summed E-state index contributed by atoms with van der Waals surface area (Å²) in [5, 5.41) is 10.7. The molecule has 1 amide bonds. The highest BCUT2D eigenvalue weighted by molar-refractivity contribution is 5.96. The van der Waals surface area contributed by atoms with Crippen molar-refractivity contribution in [1.82, 2.24) is 4.98 Å². The number of hydrogen-bond acceptors (Lipinski definition) is 4. The van der Waals surface area contributed by atoms with E-state index in [2.05, 4.69) is 14.7 Å². The van der Waals surface area contributed by atoms with Crippen molar-refractivity contribution < 1.29 is 19.1 Å². The van der Waals surface area contributed by atoms with Crippen molar-refractivity contribution in [2.45, 2.75) is 6.92 Å². The highest BCUT2D eigenvalue weighted by Gasteiger charge is 2.15. The van der Waals surface area contributed by atoms with E-state index in [1.807, 2.05) is 0 Å². The number of anilines is 1. The van der Waals surface area contributed by atoms with Crippen molar-refractivity contribution in [3.63, 3.8) is 0 Å². The van der Waals surface area contributed by atoms with Gasteiger partial charge in [-0.1, -0.05) is 0 Å². The van der Waals surface area contributed by atoms with Gasteiger partial charge in [0.2, 0.25) is 17.5 Å². The van der Waals surface area contributed by atoms with Crippen molar-refractivity contribution >= 4 is 17.8 Å². The zero-order valence-electron chi connectivity index (χ0n) is 6.20. The Morgan fingerprint density at radius 3 is 2.83 bits per heavy atom. The second-order valence-corrected chi connectivity index (χ2v) is 2.02. The highest BCUT2D eigenvalue weighted by Crippen LogP contribution is 2.12. The van der Waals surface area contributed by atoms with Gasteiger partial charge in [-0.2, -0.15) is 0 Å². The normalized spacial score (nSPS) is 9.42. The fourth-order valence-electron chi connectivity index (χ4n) is 0.647. The Kier molecular flexibility index (Phi) is 2.09. The first-order valence-corrected chi connectivity index (χ1v) is 3.05. The number of nitrogens with one attached hydrogen (secondary N) is 1. The maximum absolute atomic E-state index is 10.5. The van der Waals surface area contributed by atoms with Crippen LogP contribution in [0.4, 0.5) is 5.88 Å². The fourth-order valence-corrected chi connectivity index (χ4v) is 0.647. The number of carbonyl (C=O) groups excluding carboxylic acids is 1. The van der Waals surface area contributed by atoms with E-state index >= 15 is 0 Å². The maximum Gasteiger partial charge on any atom is 0.360 e. The SMILES string of the molecule is CC(=O)Nc1ocnc1C(=O)O. The van der Waals surface area contributed by atoms with Crippen LogP contribution in [0.25, 0.3) is 0 Å². The van der Waals surface area contributed by atoms with E-state index < -0.39 is 11.9 Å². The van der Waals surface area contributed by atoms with Gasteiger partial charge >= 0.3 is 5.97 Å². The van der Waals surface area contributed by atoms with Crippen LogP contribution in [0.3, 0.4) is 0 Å². The molecule has 1 heterocycles. The van der Waals surface area contributed by atoms with E-state index in [1.165, 1.54) is 6.92 Å². The molecule has 1 aromatic rings. The summed E-state index contributed by atoms with van der Waals surface area (Å²) in [5.74, 6) is -1.79. The molecule has 6 heteroatoms. The van der Waals surface area contributed by atoms with Gasteiger partial charge in [0.05, 0.1) is 0 Å². The molecule has 0 unspecified atom stereocenters. The van der Waals surface area contributed by atoms with Crippen molar-refractivity contribution in [3.05, 3.63) is 12.1 Å². The molecule has 0 spiro atoms. The second-order valence-electron chi connectivity index (χ2n) is 2.02. The lowest BCUT2D eigenvalue weighted by atomic mass is 10.4. The number of carboxylic acid groups (broad SMARTS) is 1. The standard InChI is InChI=1S/C6H6N2O4/c1-3(9)8-5-4(6(10)11)7-2-12-5/h2H,1H3,(H,8,9)(H,10,11). The van der Waals surface area contributed by atoms with E-state index in [4.69, 9.17) is 5.11 Å². The highest BCUT2D eigenvalue weighted by atomic mass is 16.4. The van der Waals surface area contributed by atoms with Crippen LogP contribution in [0, 0.1) is 0 Å². The van der Waals surface area contributed by atoms with Gasteiger partial charge < -0.3 is 9.52 Å². The van der Waals surface area contributed by atoms with Gasteiger partial charge in [-0.05, 0) is 0 Å². The monoisotopic (exact) mass is 170 g/mol. The van der Waals surface area contributed by atoms with Gasteiger partial charge in [0.25, 0.3) is 0 Å². The molecule has 0 bridgehead atoms. The summed E-state index contributed by atoms with van der Waals surface area (Å²) in [6.07, 6.45) is 0.953. The average Bonchev–Trinajstić information content (AvgIpc) is 2.33. The lowest BCUT2D eigenvalue weighted by molar-refractivity contribution is -0.114. The molecule has 12 heavy (non-hydrogen) atoms. The smallest absolute Gasteiger partial charge is 0.360 e. The Hall–Kier alpha value is -1.85. The molecular weight excluding hydrogens is 164 g/mol. The Morgan fingerprint density at radius 2 is 2.33 bits per heavy atom. The lowest BCUT2D eigenvalue weighted by Crippen LogP contribution is -2.09. The van der Waals surface area contributed by atoms with E-state index in [9.17, 15) is 9.59 Å². The topological polar surface area (TPSA) is 92.4 Å². The predicted octanol–water partition coefficient (Wildman–Crippen LogP) is 0.331. The van der Waals surface area contributed by atoms with E-state index in [0.717, 1.165) is 6.39 Å². The van der Waals surface area contributed by atoms with Gasteiger partial charge in [-0.25, -0.2) is 9.78 Å². The third kappa shape index (κ3) is 1.60. The minimum atomic E-state index is -1.24. The third-order valence-electron chi connectivity index (χ3n) is 1.06. The van der Waals surface area contributed by atoms with E-state index in [-0.39, 0.29) is 11.6 Å². The summed E-state index contributed by atoms with van der Waals surface area (Å²) in [6, 6.07) is 0. The quantitative estimate of drug-likeness (QED) is 0.667. The largest absolute Gasteiger partial charge is 0.476 e. The number of carbonyl (C=O) groups is 2. The molecular formula is C6H6N2O4. The summed E-state index contributed by atoms with van der Waals surface area (Å²) >= 11 is 0. The van der Waals surface area contributed by atoms with Gasteiger partial charge in [-0.3, -0.25) is 10.1 Å². The Morgan fingerprint density at radius 1 is 1.67 bits per heavy atom. The summed E-state index contributed by atoms with van der Waals surface area (Å²) in [4.78, 5) is 24.3. The van der Waals surface area contributed by atoms with Crippen molar-refractivity contribution in [1.29, 1.82) is 0 Å². The molecule has 0 saturated carbocycles. The van der Waals surface area contributed by atoms with Gasteiger partial charge in [0.15, 0.2) is 6.39 Å². The molecule has 2 N–H and O–H groups in total. The summed E-state index contributed by atoms with van der Waals surface area (Å²) in [7, 11) is 0. The molecule has 0 fully saturated rings. The maximum atomic E-state index is 10.5. The molecule has 0 aliphatic carbocycles. The fraction of sp³-hybridized carbons (Fsp3) is 0.167. The summed E-state index contributed by atoms with van der Waals surface area (Å²) in [6.45, 7) is 1.24. The number of amides is 1. The van der Waals surface area contributed by atoms with Crippen LogP contribution < -0.4 is 5.32 Å². The first kappa shape index (κ1) is 8.25.